The highest BCUT2D eigenvalue weighted by Crippen LogP contribution is 2.50. The Morgan fingerprint density at radius 2 is 1.79 bits per heavy atom. The fourth-order valence-corrected chi connectivity index (χ4v) is 4.54. The first-order valence-electron chi connectivity index (χ1n) is 10.5. The number of likely N-dealkylation sites (tertiary alicyclic amines) is 1. The van der Waals surface area contributed by atoms with E-state index in [0.717, 1.165) is 50.6 Å². The van der Waals surface area contributed by atoms with Gasteiger partial charge in [0.05, 0.1) is 5.41 Å². The van der Waals surface area contributed by atoms with Crippen molar-refractivity contribution in [2.45, 2.75) is 50.0 Å². The average Bonchev–Trinajstić information content (AvgIpc) is 3.22. The predicted molar refractivity (Wildman–Crippen MR) is 110 cm³/mol. The summed E-state index contributed by atoms with van der Waals surface area (Å²) >= 11 is 0. The Balaban J connectivity index is 1.25. The lowest BCUT2D eigenvalue weighted by molar-refractivity contribution is -0.134. The largest absolute Gasteiger partial charge is 0.339 e. The summed E-state index contributed by atoms with van der Waals surface area (Å²) < 4.78 is 5.42. The van der Waals surface area contributed by atoms with Crippen molar-refractivity contribution in [2.75, 3.05) is 6.54 Å². The zero-order valence-electron chi connectivity index (χ0n) is 16.5. The molecule has 2 aliphatic rings. The quantitative estimate of drug-likeness (QED) is 0.629. The highest BCUT2D eigenvalue weighted by atomic mass is 16.5. The molecule has 1 aliphatic heterocycles. The summed E-state index contributed by atoms with van der Waals surface area (Å²) in [5.41, 5.74) is 1.82. The lowest BCUT2D eigenvalue weighted by Gasteiger charge is -2.29. The van der Waals surface area contributed by atoms with Crippen molar-refractivity contribution in [1.82, 2.24) is 15.0 Å². The summed E-state index contributed by atoms with van der Waals surface area (Å²) in [4.78, 5) is 20.1. The van der Waals surface area contributed by atoms with Gasteiger partial charge in [-0.15, -0.1) is 0 Å². The van der Waals surface area contributed by atoms with Crippen LogP contribution in [-0.4, -0.2) is 33.5 Å². The lowest BCUT2D eigenvalue weighted by atomic mass is 9.93. The van der Waals surface area contributed by atoms with Gasteiger partial charge < -0.3 is 9.42 Å². The number of nitrogens with zero attached hydrogens (tertiary/aromatic N) is 3. The minimum atomic E-state index is -0.281. The van der Waals surface area contributed by atoms with Crippen molar-refractivity contribution in [3.05, 3.63) is 72.1 Å². The third-order valence-electron chi connectivity index (χ3n) is 6.31. The van der Waals surface area contributed by atoms with Crippen molar-refractivity contribution < 1.29 is 9.32 Å². The van der Waals surface area contributed by atoms with Crippen LogP contribution in [-0.2, 0) is 16.6 Å². The second kappa shape index (κ2) is 7.47. The molecule has 29 heavy (non-hydrogen) atoms. The number of amides is 1. The Labute approximate surface area is 170 Å². The van der Waals surface area contributed by atoms with Gasteiger partial charge in [-0.25, -0.2) is 0 Å². The molecule has 1 amide bonds. The minimum Gasteiger partial charge on any atom is -0.339 e. The fraction of sp³-hybridized carbons (Fsp3) is 0.375. The summed E-state index contributed by atoms with van der Waals surface area (Å²) in [6, 6.07) is 20.4. The van der Waals surface area contributed by atoms with Gasteiger partial charge in [-0.3, -0.25) is 4.79 Å². The first-order chi connectivity index (χ1) is 14.3. The number of carbonyl (C=O) groups excluding carboxylic acids is 1. The molecule has 148 valence electrons. The molecule has 2 fully saturated rings. The van der Waals surface area contributed by atoms with Crippen LogP contribution >= 0.6 is 0 Å². The van der Waals surface area contributed by atoms with E-state index >= 15 is 0 Å². The number of benzene rings is 2. The SMILES string of the molecule is O=C(N1CCCC1CCc1noc(-c2ccccc2)n1)C1(c2ccccc2)CC1. The predicted octanol–water partition coefficient (Wildman–Crippen LogP) is 4.39. The van der Waals surface area contributed by atoms with Crippen LogP contribution in [0.3, 0.4) is 0 Å². The molecule has 1 atom stereocenters. The molecule has 5 heteroatoms. The summed E-state index contributed by atoms with van der Waals surface area (Å²) in [6.07, 6.45) is 5.66. The Kier molecular flexibility index (Phi) is 4.66. The molecule has 0 radical (unpaired) electrons. The van der Waals surface area contributed by atoms with E-state index < -0.39 is 0 Å². The van der Waals surface area contributed by atoms with Crippen LogP contribution in [0, 0.1) is 0 Å². The van der Waals surface area contributed by atoms with Gasteiger partial charge in [0.15, 0.2) is 5.82 Å². The molecule has 1 saturated heterocycles. The molecule has 1 aliphatic carbocycles. The molecule has 0 bridgehead atoms. The second-order valence-corrected chi connectivity index (χ2v) is 8.16. The van der Waals surface area contributed by atoms with Crippen molar-refractivity contribution in [1.29, 1.82) is 0 Å². The number of hydrogen-bond acceptors (Lipinski definition) is 4. The van der Waals surface area contributed by atoms with E-state index in [0.29, 0.717) is 17.6 Å². The Bertz CT molecular complexity index is 980. The zero-order valence-corrected chi connectivity index (χ0v) is 16.5. The van der Waals surface area contributed by atoms with Gasteiger partial charge in [-0.2, -0.15) is 4.98 Å². The lowest BCUT2D eigenvalue weighted by Crippen LogP contribution is -2.42. The van der Waals surface area contributed by atoms with E-state index in [9.17, 15) is 4.79 Å². The van der Waals surface area contributed by atoms with Gasteiger partial charge in [0.25, 0.3) is 5.89 Å². The third-order valence-corrected chi connectivity index (χ3v) is 6.31. The van der Waals surface area contributed by atoms with Crippen molar-refractivity contribution >= 4 is 5.91 Å². The number of hydrogen-bond donors (Lipinski definition) is 0. The van der Waals surface area contributed by atoms with Crippen LogP contribution in [0.4, 0.5) is 0 Å². The monoisotopic (exact) mass is 387 g/mol. The van der Waals surface area contributed by atoms with Crippen LogP contribution in [0.5, 0.6) is 0 Å². The van der Waals surface area contributed by atoms with Gasteiger partial charge >= 0.3 is 0 Å². The molecular weight excluding hydrogens is 362 g/mol. The molecule has 0 spiro atoms. The summed E-state index contributed by atoms with van der Waals surface area (Å²) in [6.45, 7) is 0.861. The van der Waals surface area contributed by atoms with Crippen LogP contribution in [0.15, 0.2) is 65.2 Å². The highest BCUT2D eigenvalue weighted by Gasteiger charge is 2.54. The number of aryl methyl sites for hydroxylation is 1. The molecule has 0 N–H and O–H groups in total. The molecule has 3 aromatic rings. The first-order valence-corrected chi connectivity index (χ1v) is 10.5. The minimum absolute atomic E-state index is 0.266. The third kappa shape index (κ3) is 3.46. The van der Waals surface area contributed by atoms with E-state index in [4.69, 9.17) is 4.52 Å². The maximum absolute atomic E-state index is 13.4. The second-order valence-electron chi connectivity index (χ2n) is 8.16. The Morgan fingerprint density at radius 3 is 2.52 bits per heavy atom. The Morgan fingerprint density at radius 1 is 1.07 bits per heavy atom. The summed E-state index contributed by atoms with van der Waals surface area (Å²) in [5.74, 6) is 1.58. The molecule has 1 saturated carbocycles. The highest BCUT2D eigenvalue weighted by molar-refractivity contribution is 5.91. The normalized spacial score (nSPS) is 20.0. The number of carbonyl (C=O) groups is 1. The van der Waals surface area contributed by atoms with Gasteiger partial charge in [0.1, 0.15) is 0 Å². The van der Waals surface area contributed by atoms with E-state index in [1.807, 2.05) is 48.5 Å². The van der Waals surface area contributed by atoms with Gasteiger partial charge in [-0.05, 0) is 49.8 Å². The smallest absolute Gasteiger partial charge is 0.257 e. The van der Waals surface area contributed by atoms with Gasteiger partial charge in [0.2, 0.25) is 5.91 Å². The maximum Gasteiger partial charge on any atom is 0.257 e. The van der Waals surface area contributed by atoms with Crippen LogP contribution in [0.25, 0.3) is 11.5 Å². The number of rotatable bonds is 6. The molecule has 2 heterocycles. The maximum atomic E-state index is 13.4. The molecule has 1 unspecified atom stereocenters. The van der Waals surface area contributed by atoms with E-state index in [1.54, 1.807) is 0 Å². The summed E-state index contributed by atoms with van der Waals surface area (Å²) in [7, 11) is 0. The molecular formula is C24H25N3O2. The van der Waals surface area contributed by atoms with E-state index in [1.165, 1.54) is 5.56 Å². The van der Waals surface area contributed by atoms with Crippen LogP contribution in [0.1, 0.15) is 43.5 Å². The fourth-order valence-electron chi connectivity index (χ4n) is 4.54. The van der Waals surface area contributed by atoms with Gasteiger partial charge in [0, 0.05) is 24.6 Å². The van der Waals surface area contributed by atoms with Crippen LogP contribution < -0.4 is 0 Å². The van der Waals surface area contributed by atoms with E-state index in [-0.39, 0.29) is 11.5 Å². The standard InChI is InChI=1S/C24H25N3O2/c28-23(24(15-16-24)19-10-5-2-6-11-19)27-17-7-12-20(27)13-14-21-25-22(29-26-21)18-8-3-1-4-9-18/h1-6,8-11,20H,7,12-17H2. The zero-order chi connectivity index (χ0) is 19.7. The Hall–Kier alpha value is -2.95. The summed E-state index contributed by atoms with van der Waals surface area (Å²) in [5, 5.41) is 4.14. The average molecular weight is 387 g/mol. The molecule has 5 rings (SSSR count). The van der Waals surface area contributed by atoms with Crippen molar-refractivity contribution in [3.8, 4) is 11.5 Å². The van der Waals surface area contributed by atoms with Crippen LogP contribution in [0.2, 0.25) is 0 Å². The molecule has 5 nitrogen and oxygen atoms in total. The van der Waals surface area contributed by atoms with Gasteiger partial charge in [-0.1, -0.05) is 53.7 Å². The molecule has 1 aromatic heterocycles. The van der Waals surface area contributed by atoms with E-state index in [2.05, 4.69) is 27.2 Å². The van der Waals surface area contributed by atoms with Crippen molar-refractivity contribution in [3.63, 3.8) is 0 Å². The number of aromatic nitrogens is 2. The first kappa shape index (κ1) is 18.1. The topological polar surface area (TPSA) is 59.2 Å². The van der Waals surface area contributed by atoms with Crippen molar-refractivity contribution in [2.24, 2.45) is 0 Å². The molecule has 2 aromatic carbocycles.